The van der Waals surface area contributed by atoms with E-state index in [1.807, 2.05) is 11.1 Å². The standard InChI is InChI=1S/C15H24N4O2/c16-9-15(4-1-7-21-10-15)14(20)19-5-2-12(3-6-19)13-8-17-11-18-13/h8,11-12H,1-7,9-10,16H2,(H,17,18). The van der Waals surface area contributed by atoms with Gasteiger partial charge < -0.3 is 20.4 Å². The number of ether oxygens (including phenoxy) is 1. The van der Waals surface area contributed by atoms with E-state index in [0.717, 1.165) is 45.4 Å². The van der Waals surface area contributed by atoms with Gasteiger partial charge in [0.2, 0.25) is 5.91 Å². The van der Waals surface area contributed by atoms with Crippen molar-refractivity contribution in [1.82, 2.24) is 14.9 Å². The Bertz CT molecular complexity index is 460. The van der Waals surface area contributed by atoms with E-state index < -0.39 is 5.41 Å². The molecule has 3 N–H and O–H groups in total. The molecule has 6 heteroatoms. The Kier molecular flexibility index (Phi) is 4.26. The molecule has 2 saturated heterocycles. The molecular formula is C15H24N4O2. The lowest BCUT2D eigenvalue weighted by Gasteiger charge is -2.41. The van der Waals surface area contributed by atoms with E-state index in [2.05, 4.69) is 9.97 Å². The lowest BCUT2D eigenvalue weighted by molar-refractivity contribution is -0.150. The molecule has 1 aromatic rings. The van der Waals surface area contributed by atoms with E-state index in [1.165, 1.54) is 5.69 Å². The first-order valence-electron chi connectivity index (χ1n) is 7.81. The van der Waals surface area contributed by atoms with Crippen LogP contribution in [0.3, 0.4) is 0 Å². The predicted molar refractivity (Wildman–Crippen MR) is 78.7 cm³/mol. The van der Waals surface area contributed by atoms with Gasteiger partial charge in [0, 0.05) is 44.0 Å². The Labute approximate surface area is 125 Å². The van der Waals surface area contributed by atoms with Gasteiger partial charge >= 0.3 is 0 Å². The van der Waals surface area contributed by atoms with E-state index in [-0.39, 0.29) is 5.91 Å². The molecule has 1 unspecified atom stereocenters. The zero-order chi connectivity index (χ0) is 14.7. The zero-order valence-electron chi connectivity index (χ0n) is 12.4. The van der Waals surface area contributed by atoms with Gasteiger partial charge in [-0.25, -0.2) is 4.98 Å². The van der Waals surface area contributed by atoms with E-state index in [0.29, 0.717) is 19.1 Å². The van der Waals surface area contributed by atoms with E-state index >= 15 is 0 Å². The molecule has 21 heavy (non-hydrogen) atoms. The third kappa shape index (κ3) is 2.82. The van der Waals surface area contributed by atoms with Crippen LogP contribution in [0.2, 0.25) is 0 Å². The predicted octanol–water partition coefficient (Wildman–Crippen LogP) is 0.871. The summed E-state index contributed by atoms with van der Waals surface area (Å²) in [5.41, 5.74) is 6.60. The SMILES string of the molecule is NCC1(C(=O)N2CCC(c3cnc[nH]3)CC2)CCCOC1. The maximum atomic E-state index is 12.8. The average molecular weight is 292 g/mol. The van der Waals surface area contributed by atoms with Gasteiger partial charge in [0.05, 0.1) is 18.3 Å². The summed E-state index contributed by atoms with van der Waals surface area (Å²) in [5, 5.41) is 0. The highest BCUT2D eigenvalue weighted by Gasteiger charge is 2.42. The quantitative estimate of drug-likeness (QED) is 0.866. The summed E-state index contributed by atoms with van der Waals surface area (Å²) in [7, 11) is 0. The maximum Gasteiger partial charge on any atom is 0.232 e. The van der Waals surface area contributed by atoms with Gasteiger partial charge in [0.15, 0.2) is 0 Å². The highest BCUT2D eigenvalue weighted by atomic mass is 16.5. The van der Waals surface area contributed by atoms with Crippen LogP contribution in [0.4, 0.5) is 0 Å². The van der Waals surface area contributed by atoms with Crippen LogP contribution in [-0.4, -0.2) is 53.6 Å². The van der Waals surface area contributed by atoms with Gasteiger partial charge in [-0.15, -0.1) is 0 Å². The topological polar surface area (TPSA) is 84.2 Å². The number of nitrogens with two attached hydrogens (primary N) is 1. The van der Waals surface area contributed by atoms with Crippen LogP contribution in [0.1, 0.15) is 37.3 Å². The lowest BCUT2D eigenvalue weighted by atomic mass is 9.80. The second-order valence-electron chi connectivity index (χ2n) is 6.21. The molecule has 0 spiro atoms. The van der Waals surface area contributed by atoms with Crippen LogP contribution in [0.15, 0.2) is 12.5 Å². The largest absolute Gasteiger partial charge is 0.380 e. The van der Waals surface area contributed by atoms with Crippen LogP contribution >= 0.6 is 0 Å². The maximum absolute atomic E-state index is 12.8. The molecule has 0 radical (unpaired) electrons. The minimum absolute atomic E-state index is 0.188. The Hall–Kier alpha value is -1.40. The number of piperidine rings is 1. The molecule has 2 aliphatic heterocycles. The van der Waals surface area contributed by atoms with Crippen molar-refractivity contribution >= 4 is 5.91 Å². The second-order valence-corrected chi connectivity index (χ2v) is 6.21. The highest BCUT2D eigenvalue weighted by Crippen LogP contribution is 2.33. The first kappa shape index (κ1) is 14.5. The summed E-state index contributed by atoms with van der Waals surface area (Å²) in [6, 6.07) is 0. The van der Waals surface area contributed by atoms with Crippen LogP contribution in [-0.2, 0) is 9.53 Å². The lowest BCUT2D eigenvalue weighted by Crippen LogP contribution is -2.53. The fraction of sp³-hybridized carbons (Fsp3) is 0.733. The number of amides is 1. The fourth-order valence-electron chi connectivity index (χ4n) is 3.49. The summed E-state index contributed by atoms with van der Waals surface area (Å²) in [6.45, 7) is 3.20. The van der Waals surface area contributed by atoms with Gasteiger partial charge in [-0.1, -0.05) is 0 Å². The van der Waals surface area contributed by atoms with Crippen LogP contribution in [0.25, 0.3) is 0 Å². The van der Waals surface area contributed by atoms with E-state index in [4.69, 9.17) is 10.5 Å². The van der Waals surface area contributed by atoms with Crippen molar-refractivity contribution in [3.8, 4) is 0 Å². The van der Waals surface area contributed by atoms with Gasteiger partial charge in [0.25, 0.3) is 0 Å². The number of carbonyl (C=O) groups excluding carboxylic acids is 1. The molecule has 1 amide bonds. The Balaban J connectivity index is 1.62. The number of aromatic nitrogens is 2. The number of nitrogens with zero attached hydrogens (tertiary/aromatic N) is 2. The number of nitrogens with one attached hydrogen (secondary N) is 1. The molecule has 3 rings (SSSR count). The first-order chi connectivity index (χ1) is 10.2. The molecule has 6 nitrogen and oxygen atoms in total. The highest BCUT2D eigenvalue weighted by molar-refractivity contribution is 5.83. The smallest absolute Gasteiger partial charge is 0.232 e. The number of hydrogen-bond donors (Lipinski definition) is 2. The summed E-state index contributed by atoms with van der Waals surface area (Å²) < 4.78 is 5.53. The van der Waals surface area contributed by atoms with Gasteiger partial charge in [-0.05, 0) is 25.7 Å². The van der Waals surface area contributed by atoms with Gasteiger partial charge in [-0.3, -0.25) is 4.79 Å². The summed E-state index contributed by atoms with van der Waals surface area (Å²) in [6.07, 6.45) is 7.34. The van der Waals surface area contributed by atoms with Crippen LogP contribution in [0.5, 0.6) is 0 Å². The van der Waals surface area contributed by atoms with E-state index in [9.17, 15) is 4.79 Å². The van der Waals surface area contributed by atoms with Crippen molar-refractivity contribution < 1.29 is 9.53 Å². The fourth-order valence-corrected chi connectivity index (χ4v) is 3.49. The third-order valence-electron chi connectivity index (χ3n) is 4.91. The number of hydrogen-bond acceptors (Lipinski definition) is 4. The average Bonchev–Trinajstić information content (AvgIpc) is 3.09. The molecule has 3 heterocycles. The number of carbonyl (C=O) groups is 1. The molecule has 2 aliphatic rings. The molecule has 0 aromatic carbocycles. The van der Waals surface area contributed by atoms with Crippen LogP contribution < -0.4 is 5.73 Å². The van der Waals surface area contributed by atoms with Crippen molar-refractivity contribution in [3.05, 3.63) is 18.2 Å². The molecule has 1 aromatic heterocycles. The van der Waals surface area contributed by atoms with Crippen molar-refractivity contribution in [1.29, 1.82) is 0 Å². The van der Waals surface area contributed by atoms with Gasteiger partial charge in [-0.2, -0.15) is 0 Å². The summed E-state index contributed by atoms with van der Waals surface area (Å²) in [4.78, 5) is 22.1. The summed E-state index contributed by atoms with van der Waals surface area (Å²) in [5.74, 6) is 0.667. The molecule has 0 aliphatic carbocycles. The number of aromatic amines is 1. The molecule has 116 valence electrons. The van der Waals surface area contributed by atoms with E-state index in [1.54, 1.807) is 6.33 Å². The number of likely N-dealkylation sites (tertiary alicyclic amines) is 1. The second kappa shape index (κ2) is 6.15. The van der Waals surface area contributed by atoms with Crippen molar-refractivity contribution in [2.45, 2.75) is 31.6 Å². The van der Waals surface area contributed by atoms with Gasteiger partial charge in [0.1, 0.15) is 0 Å². The molecule has 2 fully saturated rings. The van der Waals surface area contributed by atoms with Crippen molar-refractivity contribution in [3.63, 3.8) is 0 Å². The number of H-pyrrole nitrogens is 1. The monoisotopic (exact) mass is 292 g/mol. The third-order valence-corrected chi connectivity index (χ3v) is 4.91. The summed E-state index contributed by atoms with van der Waals surface area (Å²) >= 11 is 0. The molecule has 0 saturated carbocycles. The number of rotatable bonds is 3. The number of imidazole rings is 1. The Morgan fingerprint density at radius 3 is 2.90 bits per heavy atom. The van der Waals surface area contributed by atoms with Crippen LogP contribution in [0, 0.1) is 5.41 Å². The molecule has 1 atom stereocenters. The minimum Gasteiger partial charge on any atom is -0.380 e. The molecular weight excluding hydrogens is 268 g/mol. The molecule has 0 bridgehead atoms. The van der Waals surface area contributed by atoms with Crippen molar-refractivity contribution in [2.24, 2.45) is 11.1 Å². The normalized spacial score (nSPS) is 27.8. The Morgan fingerprint density at radius 2 is 2.33 bits per heavy atom. The van der Waals surface area contributed by atoms with Crippen molar-refractivity contribution in [2.75, 3.05) is 32.8 Å². The first-order valence-corrected chi connectivity index (χ1v) is 7.81. The minimum atomic E-state index is -0.487. The Morgan fingerprint density at radius 1 is 1.52 bits per heavy atom. The zero-order valence-corrected chi connectivity index (χ0v) is 12.4.